The highest BCUT2D eigenvalue weighted by Gasteiger charge is 2.18. The molecule has 1 saturated heterocycles. The Morgan fingerprint density at radius 3 is 2.57 bits per heavy atom. The summed E-state index contributed by atoms with van der Waals surface area (Å²) in [5.41, 5.74) is 0.248. The first-order valence-corrected chi connectivity index (χ1v) is 9.68. The van der Waals surface area contributed by atoms with Crippen molar-refractivity contribution in [1.82, 2.24) is 15.5 Å². The van der Waals surface area contributed by atoms with Crippen LogP contribution < -0.4 is 10.6 Å². The average molecular weight is 423 g/mol. The first kappa shape index (κ1) is 22.2. The summed E-state index contributed by atoms with van der Waals surface area (Å²) in [4.78, 5) is 27.3. The lowest BCUT2D eigenvalue weighted by atomic mass is 10.2. The quantitative estimate of drug-likeness (QED) is 0.527. The topological polar surface area (TPSA) is 87.5 Å². The standard InChI is InChI=1S/C19H22N4O3S.ClH/c24-19(21-10-13-22-11-8-20-9-12-22)17-14-15(23(25)26)6-7-18(17)27-16-4-2-1-3-5-16;/h1-7,14,20H,8-13H2,(H,21,24);1H. The van der Waals surface area contributed by atoms with Crippen molar-refractivity contribution in [2.75, 3.05) is 39.3 Å². The number of piperazine rings is 1. The van der Waals surface area contributed by atoms with Gasteiger partial charge in [-0.25, -0.2) is 0 Å². The lowest BCUT2D eigenvalue weighted by molar-refractivity contribution is -0.384. The Kier molecular flexibility index (Phi) is 8.72. The summed E-state index contributed by atoms with van der Waals surface area (Å²) in [7, 11) is 0. The molecule has 2 aromatic carbocycles. The summed E-state index contributed by atoms with van der Waals surface area (Å²) in [6.45, 7) is 5.11. The van der Waals surface area contributed by atoms with Gasteiger partial charge in [0.15, 0.2) is 0 Å². The monoisotopic (exact) mass is 422 g/mol. The Bertz CT molecular complexity index is 801. The van der Waals surface area contributed by atoms with E-state index < -0.39 is 4.92 Å². The number of rotatable bonds is 7. The van der Waals surface area contributed by atoms with Crippen LogP contribution in [0.4, 0.5) is 5.69 Å². The van der Waals surface area contributed by atoms with Crippen LogP contribution in [-0.4, -0.2) is 55.0 Å². The molecule has 0 bridgehead atoms. The summed E-state index contributed by atoms with van der Waals surface area (Å²) in [5, 5.41) is 17.3. The molecule has 2 N–H and O–H groups in total. The number of hydrogen-bond acceptors (Lipinski definition) is 6. The van der Waals surface area contributed by atoms with Gasteiger partial charge in [-0.2, -0.15) is 0 Å². The highest BCUT2D eigenvalue weighted by molar-refractivity contribution is 7.99. The largest absolute Gasteiger partial charge is 0.351 e. The Morgan fingerprint density at radius 1 is 1.18 bits per heavy atom. The van der Waals surface area contributed by atoms with E-state index in [9.17, 15) is 14.9 Å². The zero-order chi connectivity index (χ0) is 19.1. The predicted molar refractivity (Wildman–Crippen MR) is 113 cm³/mol. The summed E-state index contributed by atoms with van der Waals surface area (Å²) < 4.78 is 0. The number of nitrogens with zero attached hydrogens (tertiary/aromatic N) is 2. The van der Waals surface area contributed by atoms with Crippen LogP contribution in [-0.2, 0) is 0 Å². The van der Waals surface area contributed by atoms with Gasteiger partial charge >= 0.3 is 0 Å². The molecule has 1 fully saturated rings. The molecular weight excluding hydrogens is 400 g/mol. The number of non-ortho nitro benzene ring substituents is 1. The zero-order valence-electron chi connectivity index (χ0n) is 15.3. The number of nitro groups is 1. The van der Waals surface area contributed by atoms with E-state index in [0.29, 0.717) is 17.0 Å². The van der Waals surface area contributed by atoms with Gasteiger partial charge in [-0.3, -0.25) is 19.8 Å². The molecular formula is C19H23ClN4O3S. The lowest BCUT2D eigenvalue weighted by Gasteiger charge is -2.27. The van der Waals surface area contributed by atoms with Crippen LogP contribution in [0.3, 0.4) is 0 Å². The normalized spacial score (nSPS) is 14.1. The molecule has 3 rings (SSSR count). The van der Waals surface area contributed by atoms with Crippen LogP contribution in [0.25, 0.3) is 0 Å². The molecule has 0 unspecified atom stereocenters. The maximum Gasteiger partial charge on any atom is 0.270 e. The van der Waals surface area contributed by atoms with E-state index in [2.05, 4.69) is 15.5 Å². The number of nitro benzene ring substituents is 1. The van der Waals surface area contributed by atoms with Crippen LogP contribution in [0.15, 0.2) is 58.3 Å². The van der Waals surface area contributed by atoms with E-state index >= 15 is 0 Å². The van der Waals surface area contributed by atoms with Crippen LogP contribution in [0, 0.1) is 10.1 Å². The van der Waals surface area contributed by atoms with E-state index in [1.165, 1.54) is 23.9 Å². The van der Waals surface area contributed by atoms with E-state index in [1.54, 1.807) is 6.07 Å². The van der Waals surface area contributed by atoms with Gasteiger partial charge in [0.25, 0.3) is 11.6 Å². The number of halogens is 1. The highest BCUT2D eigenvalue weighted by Crippen LogP contribution is 2.32. The van der Waals surface area contributed by atoms with Crippen molar-refractivity contribution in [3.8, 4) is 0 Å². The fourth-order valence-corrected chi connectivity index (χ4v) is 3.82. The molecule has 1 aliphatic heterocycles. The molecule has 150 valence electrons. The van der Waals surface area contributed by atoms with Crippen molar-refractivity contribution in [2.24, 2.45) is 0 Å². The van der Waals surface area contributed by atoms with Crippen molar-refractivity contribution in [2.45, 2.75) is 9.79 Å². The van der Waals surface area contributed by atoms with E-state index in [-0.39, 0.29) is 24.0 Å². The van der Waals surface area contributed by atoms with Gasteiger partial charge in [0.2, 0.25) is 0 Å². The average Bonchev–Trinajstić information content (AvgIpc) is 2.69. The number of amides is 1. The molecule has 0 radical (unpaired) electrons. The fourth-order valence-electron chi connectivity index (χ4n) is 2.87. The Balaban J connectivity index is 0.00000280. The molecule has 9 heteroatoms. The summed E-state index contributed by atoms with van der Waals surface area (Å²) in [6, 6.07) is 14.1. The smallest absolute Gasteiger partial charge is 0.270 e. The molecule has 1 aliphatic rings. The van der Waals surface area contributed by atoms with Gasteiger partial charge in [-0.05, 0) is 18.2 Å². The summed E-state index contributed by atoms with van der Waals surface area (Å²) >= 11 is 1.42. The SMILES string of the molecule is Cl.O=C(NCCN1CCNCC1)c1cc([N+](=O)[O-])ccc1Sc1ccccc1. The van der Waals surface area contributed by atoms with Gasteiger partial charge in [-0.1, -0.05) is 30.0 Å². The number of hydrogen-bond donors (Lipinski definition) is 2. The number of carbonyl (C=O) groups is 1. The predicted octanol–water partition coefficient (Wildman–Crippen LogP) is 2.80. The Labute approximate surface area is 174 Å². The Hall–Kier alpha value is -2.13. The maximum atomic E-state index is 12.7. The van der Waals surface area contributed by atoms with Crippen LogP contribution in [0.2, 0.25) is 0 Å². The number of nitrogens with one attached hydrogen (secondary N) is 2. The minimum Gasteiger partial charge on any atom is -0.351 e. The van der Waals surface area contributed by atoms with Crippen molar-refractivity contribution in [1.29, 1.82) is 0 Å². The number of carbonyl (C=O) groups excluding carboxylic acids is 1. The molecule has 2 aromatic rings. The Morgan fingerprint density at radius 2 is 1.89 bits per heavy atom. The first-order chi connectivity index (χ1) is 13.1. The molecule has 0 atom stereocenters. The van der Waals surface area contributed by atoms with Gasteiger partial charge < -0.3 is 10.6 Å². The highest BCUT2D eigenvalue weighted by atomic mass is 35.5. The summed E-state index contributed by atoms with van der Waals surface area (Å²) in [6.07, 6.45) is 0. The van der Waals surface area contributed by atoms with E-state index in [0.717, 1.165) is 37.6 Å². The van der Waals surface area contributed by atoms with E-state index in [4.69, 9.17) is 0 Å². The molecule has 1 amide bonds. The van der Waals surface area contributed by atoms with E-state index in [1.807, 2.05) is 30.3 Å². The van der Waals surface area contributed by atoms with Crippen molar-refractivity contribution in [3.05, 3.63) is 64.2 Å². The minimum absolute atomic E-state index is 0. The molecule has 0 aliphatic carbocycles. The fraction of sp³-hybridized carbons (Fsp3) is 0.316. The van der Waals surface area contributed by atoms with Crippen LogP contribution in [0.1, 0.15) is 10.4 Å². The van der Waals surface area contributed by atoms with Crippen LogP contribution in [0.5, 0.6) is 0 Å². The van der Waals surface area contributed by atoms with Gasteiger partial charge in [0.05, 0.1) is 10.5 Å². The second-order valence-electron chi connectivity index (χ2n) is 6.20. The van der Waals surface area contributed by atoms with Crippen LogP contribution >= 0.6 is 24.2 Å². The third-order valence-electron chi connectivity index (χ3n) is 4.31. The minimum atomic E-state index is -0.478. The van der Waals surface area contributed by atoms with Gasteiger partial charge in [-0.15, -0.1) is 12.4 Å². The van der Waals surface area contributed by atoms with Crippen molar-refractivity contribution in [3.63, 3.8) is 0 Å². The van der Waals surface area contributed by atoms with Gasteiger partial charge in [0, 0.05) is 61.2 Å². The molecule has 0 aromatic heterocycles. The third kappa shape index (κ3) is 6.20. The summed E-state index contributed by atoms with van der Waals surface area (Å²) in [5.74, 6) is -0.285. The number of benzene rings is 2. The second kappa shape index (κ2) is 11.0. The lowest BCUT2D eigenvalue weighted by Crippen LogP contribution is -2.46. The molecule has 7 nitrogen and oxygen atoms in total. The third-order valence-corrected chi connectivity index (χ3v) is 5.40. The second-order valence-corrected chi connectivity index (χ2v) is 7.32. The van der Waals surface area contributed by atoms with Crippen molar-refractivity contribution >= 4 is 35.8 Å². The zero-order valence-corrected chi connectivity index (χ0v) is 16.9. The first-order valence-electron chi connectivity index (χ1n) is 8.86. The maximum absolute atomic E-state index is 12.7. The molecule has 1 heterocycles. The van der Waals surface area contributed by atoms with Gasteiger partial charge in [0.1, 0.15) is 0 Å². The van der Waals surface area contributed by atoms with Crippen molar-refractivity contribution < 1.29 is 9.72 Å². The molecule has 28 heavy (non-hydrogen) atoms. The molecule has 0 spiro atoms. The molecule has 0 saturated carbocycles.